The number of hydrogen-bond acceptors (Lipinski definition) is 7. The maximum Gasteiger partial charge on any atom is 0.311 e. The third kappa shape index (κ3) is 2.97. The molecule has 0 saturated heterocycles. The molecule has 0 aliphatic carbocycles. The van der Waals surface area contributed by atoms with Crippen molar-refractivity contribution < 1.29 is 9.45 Å². The Balaban J connectivity index is 2.19. The third-order valence-corrected chi connectivity index (χ3v) is 2.44. The van der Waals surface area contributed by atoms with Crippen LogP contribution in [-0.2, 0) is 6.54 Å². The molecule has 2 aromatic heterocycles. The molecular weight excluding hydrogens is 250 g/mol. The molecule has 0 aromatic carbocycles. The first-order valence-corrected chi connectivity index (χ1v) is 5.59. The predicted molar refractivity (Wildman–Crippen MR) is 69.0 cm³/mol. The fourth-order valence-electron chi connectivity index (χ4n) is 1.54. The molecule has 8 nitrogen and oxygen atoms in total. The summed E-state index contributed by atoms with van der Waals surface area (Å²) in [7, 11) is 1.69. The lowest BCUT2D eigenvalue weighted by Crippen LogP contribution is -2.06. The number of anilines is 2. The number of nitrogens with zero attached hydrogens (tertiary/aromatic N) is 3. The highest BCUT2D eigenvalue weighted by molar-refractivity contribution is 5.60. The quantitative estimate of drug-likeness (QED) is 0.627. The summed E-state index contributed by atoms with van der Waals surface area (Å²) in [6, 6.07) is 4.69. The molecule has 0 fully saturated rings. The van der Waals surface area contributed by atoms with Crippen molar-refractivity contribution in [3.05, 3.63) is 39.8 Å². The molecule has 0 spiro atoms. The van der Waals surface area contributed by atoms with Crippen LogP contribution in [0.1, 0.15) is 11.5 Å². The van der Waals surface area contributed by atoms with Crippen molar-refractivity contribution >= 4 is 17.3 Å². The van der Waals surface area contributed by atoms with Gasteiger partial charge >= 0.3 is 5.69 Å². The third-order valence-electron chi connectivity index (χ3n) is 2.44. The molecule has 0 aliphatic rings. The zero-order chi connectivity index (χ0) is 13.8. The van der Waals surface area contributed by atoms with E-state index in [1.807, 2.05) is 0 Å². The first kappa shape index (κ1) is 12.8. The van der Waals surface area contributed by atoms with E-state index in [1.54, 1.807) is 26.1 Å². The minimum Gasteiger partial charge on any atom is -0.373 e. The Labute approximate surface area is 109 Å². The molecule has 2 heterocycles. The molecule has 0 saturated carbocycles. The second kappa shape index (κ2) is 5.34. The molecule has 2 N–H and O–H groups in total. The van der Waals surface area contributed by atoms with Crippen LogP contribution < -0.4 is 10.6 Å². The van der Waals surface area contributed by atoms with E-state index >= 15 is 0 Å². The van der Waals surface area contributed by atoms with E-state index in [4.69, 9.17) is 4.52 Å². The molecule has 0 atom stereocenters. The highest BCUT2D eigenvalue weighted by atomic mass is 16.6. The Bertz CT molecular complexity index is 596. The number of aryl methyl sites for hydroxylation is 1. The Kier molecular flexibility index (Phi) is 3.60. The number of nitro groups is 1. The van der Waals surface area contributed by atoms with Crippen molar-refractivity contribution in [3.63, 3.8) is 0 Å². The van der Waals surface area contributed by atoms with Crippen LogP contribution in [0.5, 0.6) is 0 Å². The molecule has 2 aromatic rings. The molecule has 8 heteroatoms. The lowest BCUT2D eigenvalue weighted by atomic mass is 10.3. The van der Waals surface area contributed by atoms with Gasteiger partial charge in [-0.25, -0.2) is 4.98 Å². The Morgan fingerprint density at radius 2 is 2.26 bits per heavy atom. The fourth-order valence-corrected chi connectivity index (χ4v) is 1.54. The maximum absolute atomic E-state index is 10.9. The summed E-state index contributed by atoms with van der Waals surface area (Å²) in [6.45, 7) is 2.08. The highest BCUT2D eigenvalue weighted by Crippen LogP contribution is 2.24. The van der Waals surface area contributed by atoms with Crippen molar-refractivity contribution in [3.8, 4) is 0 Å². The zero-order valence-electron chi connectivity index (χ0n) is 10.5. The van der Waals surface area contributed by atoms with E-state index < -0.39 is 4.92 Å². The standard InChI is InChI=1S/C11H13N5O3/c1-7-5-8(15-19-7)6-13-11-9(16(17)18)3-4-10(12-2)14-11/h3-5H,6H2,1-2H3,(H2,12,13,14). The molecule has 0 radical (unpaired) electrons. The van der Waals surface area contributed by atoms with Crippen LogP contribution >= 0.6 is 0 Å². The lowest BCUT2D eigenvalue weighted by molar-refractivity contribution is -0.384. The second-order valence-electron chi connectivity index (χ2n) is 3.85. The molecule has 19 heavy (non-hydrogen) atoms. The van der Waals surface area contributed by atoms with Gasteiger partial charge in [-0.05, 0) is 13.0 Å². The minimum absolute atomic E-state index is 0.0841. The molecular formula is C11H13N5O3. The molecule has 2 rings (SSSR count). The van der Waals surface area contributed by atoms with E-state index in [-0.39, 0.29) is 11.5 Å². The smallest absolute Gasteiger partial charge is 0.311 e. The number of pyridine rings is 1. The van der Waals surface area contributed by atoms with Gasteiger partial charge in [-0.15, -0.1) is 0 Å². The summed E-state index contributed by atoms with van der Waals surface area (Å²) in [5.74, 6) is 1.42. The largest absolute Gasteiger partial charge is 0.373 e. The van der Waals surface area contributed by atoms with Crippen LogP contribution in [0.2, 0.25) is 0 Å². The van der Waals surface area contributed by atoms with Gasteiger partial charge in [-0.3, -0.25) is 10.1 Å². The van der Waals surface area contributed by atoms with Gasteiger partial charge in [0.15, 0.2) is 0 Å². The van der Waals surface area contributed by atoms with E-state index in [0.29, 0.717) is 23.8 Å². The van der Waals surface area contributed by atoms with E-state index in [2.05, 4.69) is 20.8 Å². The van der Waals surface area contributed by atoms with Crippen LogP contribution in [0.15, 0.2) is 22.7 Å². The van der Waals surface area contributed by atoms with E-state index in [9.17, 15) is 10.1 Å². The molecule has 0 unspecified atom stereocenters. The van der Waals surface area contributed by atoms with Crippen LogP contribution in [0.3, 0.4) is 0 Å². The predicted octanol–water partition coefficient (Wildman–Crippen LogP) is 1.94. The number of rotatable bonds is 5. The van der Waals surface area contributed by atoms with E-state index in [0.717, 1.165) is 0 Å². The SMILES string of the molecule is CNc1ccc([N+](=O)[O-])c(NCc2cc(C)on2)n1. The van der Waals surface area contributed by atoms with Gasteiger partial charge in [-0.2, -0.15) is 0 Å². The van der Waals surface area contributed by atoms with Gasteiger partial charge in [0.2, 0.25) is 5.82 Å². The topological polar surface area (TPSA) is 106 Å². The van der Waals surface area contributed by atoms with Gasteiger partial charge in [0.05, 0.1) is 11.5 Å². The number of aromatic nitrogens is 2. The Morgan fingerprint density at radius 3 is 2.84 bits per heavy atom. The summed E-state index contributed by atoms with van der Waals surface area (Å²) in [5.41, 5.74) is 0.572. The highest BCUT2D eigenvalue weighted by Gasteiger charge is 2.16. The van der Waals surface area contributed by atoms with Crippen LogP contribution in [-0.4, -0.2) is 22.1 Å². The lowest BCUT2D eigenvalue weighted by Gasteiger charge is -2.06. The number of nitrogens with one attached hydrogen (secondary N) is 2. The summed E-state index contributed by atoms with van der Waals surface area (Å²) in [6.07, 6.45) is 0. The van der Waals surface area contributed by atoms with Gasteiger partial charge < -0.3 is 15.2 Å². The normalized spacial score (nSPS) is 10.2. The zero-order valence-corrected chi connectivity index (χ0v) is 10.5. The van der Waals surface area contributed by atoms with E-state index in [1.165, 1.54) is 6.07 Å². The summed E-state index contributed by atoms with van der Waals surface area (Å²) in [5, 5.41) is 20.4. The second-order valence-corrected chi connectivity index (χ2v) is 3.85. The first-order chi connectivity index (χ1) is 9.10. The summed E-state index contributed by atoms with van der Waals surface area (Å²) < 4.78 is 4.92. The fraction of sp³-hybridized carbons (Fsp3) is 0.273. The average Bonchev–Trinajstić information content (AvgIpc) is 2.81. The molecule has 0 aliphatic heterocycles. The van der Waals surface area contributed by atoms with Crippen molar-refractivity contribution in [1.29, 1.82) is 0 Å². The van der Waals surface area contributed by atoms with Crippen molar-refractivity contribution in [1.82, 2.24) is 10.1 Å². The van der Waals surface area contributed by atoms with Crippen LogP contribution in [0.4, 0.5) is 17.3 Å². The van der Waals surface area contributed by atoms with Crippen molar-refractivity contribution in [2.45, 2.75) is 13.5 Å². The Morgan fingerprint density at radius 1 is 1.47 bits per heavy atom. The maximum atomic E-state index is 10.9. The average molecular weight is 263 g/mol. The Hall–Kier alpha value is -2.64. The molecule has 0 amide bonds. The summed E-state index contributed by atoms with van der Waals surface area (Å²) >= 11 is 0. The van der Waals surface area contributed by atoms with Crippen molar-refractivity contribution in [2.24, 2.45) is 0 Å². The first-order valence-electron chi connectivity index (χ1n) is 5.59. The van der Waals surface area contributed by atoms with Gasteiger partial charge in [0.1, 0.15) is 17.3 Å². The molecule has 100 valence electrons. The van der Waals surface area contributed by atoms with Crippen LogP contribution in [0.25, 0.3) is 0 Å². The van der Waals surface area contributed by atoms with Gasteiger partial charge in [-0.1, -0.05) is 5.16 Å². The van der Waals surface area contributed by atoms with Crippen molar-refractivity contribution in [2.75, 3.05) is 17.7 Å². The van der Waals surface area contributed by atoms with Crippen LogP contribution in [0, 0.1) is 17.0 Å². The summed E-state index contributed by atoms with van der Waals surface area (Å²) in [4.78, 5) is 14.5. The van der Waals surface area contributed by atoms with Gasteiger partial charge in [0, 0.05) is 19.2 Å². The monoisotopic (exact) mass is 263 g/mol. The van der Waals surface area contributed by atoms with Gasteiger partial charge in [0.25, 0.3) is 0 Å². The minimum atomic E-state index is -0.483. The number of hydrogen-bond donors (Lipinski definition) is 2. The molecule has 0 bridgehead atoms.